The highest BCUT2D eigenvalue weighted by atomic mass is 79.9. The molecule has 0 aliphatic carbocycles. The minimum Gasteiger partial charge on any atom is -0.352 e. The van der Waals surface area contributed by atoms with E-state index in [4.69, 9.17) is 0 Å². The van der Waals surface area contributed by atoms with Crippen molar-refractivity contribution < 1.29 is 14.0 Å². The molecular weight excluding hydrogens is 459 g/mol. The summed E-state index contributed by atoms with van der Waals surface area (Å²) in [5, 5.41) is 7.75. The zero-order valence-electron chi connectivity index (χ0n) is 15.5. The molecule has 1 aliphatic heterocycles. The van der Waals surface area contributed by atoms with Gasteiger partial charge in [-0.1, -0.05) is 58.0 Å². The van der Waals surface area contributed by atoms with Crippen LogP contribution < -0.4 is 5.32 Å². The fourth-order valence-electron chi connectivity index (χ4n) is 2.61. The van der Waals surface area contributed by atoms with Crippen molar-refractivity contribution in [3.8, 4) is 0 Å². The maximum atomic E-state index is 13.9. The van der Waals surface area contributed by atoms with Crippen LogP contribution in [0.4, 0.5) is 4.39 Å². The topological polar surface area (TPSA) is 74.1 Å². The molecule has 3 rings (SSSR count). The molecule has 2 aromatic carbocycles. The quantitative estimate of drug-likeness (QED) is 0.647. The zero-order chi connectivity index (χ0) is 20.8. The first-order valence-electron chi connectivity index (χ1n) is 8.75. The van der Waals surface area contributed by atoms with Crippen molar-refractivity contribution in [3.63, 3.8) is 0 Å². The van der Waals surface area contributed by atoms with Crippen LogP contribution in [-0.2, 0) is 16.1 Å². The Kier molecular flexibility index (Phi) is 7.16. The fraction of sp³-hybridized carbons (Fsp3) is 0.200. The van der Waals surface area contributed by atoms with Gasteiger partial charge in [0.2, 0.25) is 5.91 Å². The predicted octanol–water partition coefficient (Wildman–Crippen LogP) is 3.56. The number of rotatable bonds is 6. The number of benzene rings is 2. The van der Waals surface area contributed by atoms with Gasteiger partial charge in [0.25, 0.3) is 5.91 Å². The smallest absolute Gasteiger partial charge is 0.263 e. The van der Waals surface area contributed by atoms with Gasteiger partial charge < -0.3 is 5.32 Å². The highest BCUT2D eigenvalue weighted by Gasteiger charge is 2.39. The summed E-state index contributed by atoms with van der Waals surface area (Å²) in [6, 6.07) is 14.0. The molecule has 2 amide bonds. The summed E-state index contributed by atoms with van der Waals surface area (Å²) in [6.07, 6.45) is 1.27. The average Bonchev–Trinajstić information content (AvgIpc) is 3.02. The SMILES string of the molecule is CN=C1S[C@@H](CC(=O)NCc2ccccc2)C(=O)N1/N=C\c1cc(Br)ccc1F. The van der Waals surface area contributed by atoms with E-state index in [-0.39, 0.29) is 23.8 Å². The van der Waals surface area contributed by atoms with Crippen molar-refractivity contribution in [2.75, 3.05) is 7.05 Å². The molecule has 1 aliphatic rings. The van der Waals surface area contributed by atoms with Crippen molar-refractivity contribution >= 4 is 50.9 Å². The fourth-order valence-corrected chi connectivity index (χ4v) is 4.02. The molecule has 1 heterocycles. The van der Waals surface area contributed by atoms with Crippen LogP contribution in [0, 0.1) is 5.82 Å². The second-order valence-electron chi connectivity index (χ2n) is 6.14. The third kappa shape index (κ3) is 5.51. The number of carbonyl (C=O) groups excluding carboxylic acids is 2. The van der Waals surface area contributed by atoms with Crippen LogP contribution in [0.15, 0.2) is 63.1 Å². The van der Waals surface area contributed by atoms with Crippen LogP contribution in [-0.4, -0.2) is 40.5 Å². The van der Waals surface area contributed by atoms with E-state index >= 15 is 0 Å². The average molecular weight is 477 g/mol. The van der Waals surface area contributed by atoms with Gasteiger partial charge in [0.15, 0.2) is 5.17 Å². The number of hydrogen-bond donors (Lipinski definition) is 1. The Morgan fingerprint density at radius 2 is 2.07 bits per heavy atom. The van der Waals surface area contributed by atoms with Gasteiger partial charge in [-0.25, -0.2) is 4.39 Å². The molecule has 0 unspecified atom stereocenters. The van der Waals surface area contributed by atoms with Crippen LogP contribution in [0.25, 0.3) is 0 Å². The predicted molar refractivity (Wildman–Crippen MR) is 116 cm³/mol. The summed E-state index contributed by atoms with van der Waals surface area (Å²) in [7, 11) is 1.54. The van der Waals surface area contributed by atoms with E-state index in [1.165, 1.54) is 31.1 Å². The Hall–Kier alpha value is -2.52. The lowest BCUT2D eigenvalue weighted by Gasteiger charge is -2.10. The molecule has 0 spiro atoms. The second-order valence-corrected chi connectivity index (χ2v) is 8.23. The molecule has 0 bridgehead atoms. The van der Waals surface area contributed by atoms with Crippen LogP contribution in [0.2, 0.25) is 0 Å². The minimum absolute atomic E-state index is 0.00657. The number of hydrogen-bond acceptors (Lipinski definition) is 5. The summed E-state index contributed by atoms with van der Waals surface area (Å²) >= 11 is 4.44. The maximum absolute atomic E-state index is 13.9. The first-order valence-corrected chi connectivity index (χ1v) is 10.4. The number of thioether (sulfide) groups is 1. The van der Waals surface area contributed by atoms with Crippen molar-refractivity contribution in [3.05, 3.63) is 69.9 Å². The lowest BCUT2D eigenvalue weighted by Crippen LogP contribution is -2.32. The molecule has 0 saturated carbocycles. The number of nitrogens with one attached hydrogen (secondary N) is 1. The summed E-state index contributed by atoms with van der Waals surface area (Å²) in [6.45, 7) is 0.393. The molecule has 150 valence electrons. The Balaban J connectivity index is 1.64. The number of amides is 2. The Labute approximate surface area is 180 Å². The van der Waals surface area contributed by atoms with E-state index < -0.39 is 11.1 Å². The number of amidine groups is 1. The third-order valence-electron chi connectivity index (χ3n) is 4.08. The number of carbonyl (C=O) groups is 2. The molecular formula is C20H18BrFN4O2S. The van der Waals surface area contributed by atoms with Gasteiger partial charge in [-0.15, -0.1) is 0 Å². The van der Waals surface area contributed by atoms with Crippen molar-refractivity contribution in [1.29, 1.82) is 0 Å². The summed E-state index contributed by atoms with van der Waals surface area (Å²) in [5.41, 5.74) is 1.21. The van der Waals surface area contributed by atoms with Gasteiger partial charge in [-0.3, -0.25) is 14.6 Å². The van der Waals surface area contributed by atoms with E-state index in [0.717, 1.165) is 10.6 Å². The Morgan fingerprint density at radius 3 is 2.79 bits per heavy atom. The van der Waals surface area contributed by atoms with E-state index in [1.54, 1.807) is 12.1 Å². The molecule has 1 fully saturated rings. The molecule has 6 nitrogen and oxygen atoms in total. The number of hydrazone groups is 1. The molecule has 0 aromatic heterocycles. The lowest BCUT2D eigenvalue weighted by molar-refractivity contribution is -0.129. The normalized spacial score (nSPS) is 18.0. The molecule has 0 radical (unpaired) electrons. The summed E-state index contributed by atoms with van der Waals surface area (Å²) < 4.78 is 14.6. The van der Waals surface area contributed by atoms with Crippen molar-refractivity contribution in [1.82, 2.24) is 10.3 Å². The molecule has 29 heavy (non-hydrogen) atoms. The summed E-state index contributed by atoms with van der Waals surface area (Å²) in [4.78, 5) is 29.0. The monoisotopic (exact) mass is 476 g/mol. The largest absolute Gasteiger partial charge is 0.352 e. The third-order valence-corrected chi connectivity index (χ3v) is 5.79. The van der Waals surface area contributed by atoms with Crippen LogP contribution in [0.3, 0.4) is 0 Å². The molecule has 1 N–H and O–H groups in total. The van der Waals surface area contributed by atoms with Crippen molar-refractivity contribution in [2.24, 2.45) is 10.1 Å². The number of aliphatic imine (C=N–C) groups is 1. The van der Waals surface area contributed by atoms with Gasteiger partial charge in [0, 0.05) is 30.0 Å². The van der Waals surface area contributed by atoms with Gasteiger partial charge in [0.05, 0.1) is 6.21 Å². The molecule has 9 heteroatoms. The summed E-state index contributed by atoms with van der Waals surface area (Å²) in [5.74, 6) is -1.06. The first-order chi connectivity index (χ1) is 14.0. The second kappa shape index (κ2) is 9.80. The van der Waals surface area contributed by atoms with Crippen LogP contribution >= 0.6 is 27.7 Å². The number of nitrogens with zero attached hydrogens (tertiary/aromatic N) is 3. The van der Waals surface area contributed by atoms with Gasteiger partial charge in [0.1, 0.15) is 11.1 Å². The van der Waals surface area contributed by atoms with E-state index in [9.17, 15) is 14.0 Å². The van der Waals surface area contributed by atoms with Crippen LogP contribution in [0.1, 0.15) is 17.5 Å². The zero-order valence-corrected chi connectivity index (χ0v) is 17.9. The highest BCUT2D eigenvalue weighted by Crippen LogP contribution is 2.29. The standard InChI is InChI=1S/C20H18BrFN4O2S/c1-23-20-26(25-12-14-9-15(21)7-8-16(14)22)19(28)17(29-20)10-18(27)24-11-13-5-3-2-4-6-13/h2-9,12,17H,10-11H2,1H3,(H,24,27)/b23-20?,25-12-/t17-/m0/s1. The molecule has 2 aromatic rings. The first kappa shape index (κ1) is 21.2. The Morgan fingerprint density at radius 1 is 1.31 bits per heavy atom. The van der Waals surface area contributed by atoms with E-state index in [0.29, 0.717) is 16.2 Å². The lowest BCUT2D eigenvalue weighted by atomic mass is 10.2. The molecule has 1 saturated heterocycles. The van der Waals surface area contributed by atoms with Crippen LogP contribution in [0.5, 0.6) is 0 Å². The van der Waals surface area contributed by atoms with Gasteiger partial charge in [-0.05, 0) is 23.8 Å². The molecule has 1 atom stereocenters. The van der Waals surface area contributed by atoms with Crippen molar-refractivity contribution in [2.45, 2.75) is 18.2 Å². The minimum atomic E-state index is -0.631. The van der Waals surface area contributed by atoms with E-state index in [1.807, 2.05) is 30.3 Å². The Bertz CT molecular complexity index is 968. The highest BCUT2D eigenvalue weighted by molar-refractivity contribution is 9.10. The maximum Gasteiger partial charge on any atom is 0.263 e. The van der Waals surface area contributed by atoms with E-state index in [2.05, 4.69) is 31.3 Å². The number of halogens is 2. The van der Waals surface area contributed by atoms with Gasteiger partial charge >= 0.3 is 0 Å². The van der Waals surface area contributed by atoms with Gasteiger partial charge in [-0.2, -0.15) is 10.1 Å².